The van der Waals surface area contributed by atoms with Crippen molar-refractivity contribution in [1.82, 2.24) is 15.5 Å². The molecule has 1 aromatic heterocycles. The molecule has 6 heteroatoms. The number of halogens is 1. The van der Waals surface area contributed by atoms with Gasteiger partial charge in [0.15, 0.2) is 5.96 Å². The van der Waals surface area contributed by atoms with Gasteiger partial charge in [-0.05, 0) is 32.8 Å². The van der Waals surface area contributed by atoms with Crippen LogP contribution in [0.3, 0.4) is 0 Å². The lowest BCUT2D eigenvalue weighted by Crippen LogP contribution is -2.48. The first kappa shape index (κ1) is 21.8. The molecule has 0 unspecified atom stereocenters. The van der Waals surface area contributed by atoms with Crippen LogP contribution in [-0.4, -0.2) is 43.6 Å². The van der Waals surface area contributed by atoms with Crippen LogP contribution in [-0.2, 0) is 6.54 Å². The fourth-order valence-corrected chi connectivity index (χ4v) is 3.56. The molecule has 1 aliphatic rings. The first-order valence-electron chi connectivity index (χ1n) is 9.37. The third-order valence-corrected chi connectivity index (χ3v) is 5.00. The van der Waals surface area contributed by atoms with Gasteiger partial charge in [0.25, 0.3) is 0 Å². The number of aryl methyl sites for hydroxylation is 1. The van der Waals surface area contributed by atoms with E-state index in [1.54, 1.807) is 0 Å². The summed E-state index contributed by atoms with van der Waals surface area (Å²) in [6.07, 6.45) is 2.25. The smallest absolute Gasteiger partial charge is 0.191 e. The molecule has 0 spiro atoms. The Hall–Kier alpha value is -1.54. The Morgan fingerprint density at radius 3 is 2.63 bits per heavy atom. The number of nitrogens with one attached hydrogen (secondary N) is 2. The number of hydrogen-bond acceptors (Lipinski definition) is 3. The molecule has 3 rings (SSSR count). The number of para-hydroxylation sites is 1. The van der Waals surface area contributed by atoms with Gasteiger partial charge in [-0.3, -0.25) is 9.89 Å². The van der Waals surface area contributed by atoms with Crippen LogP contribution in [0.5, 0.6) is 0 Å². The minimum Gasteiger partial charge on any atom is -0.459 e. The molecule has 2 aromatic rings. The number of benzene rings is 1. The maximum absolute atomic E-state index is 5.97. The number of hydrogen-bond donors (Lipinski definition) is 2. The van der Waals surface area contributed by atoms with Gasteiger partial charge in [-0.2, -0.15) is 0 Å². The number of likely N-dealkylation sites (tertiary alicyclic amines) is 1. The van der Waals surface area contributed by atoms with E-state index in [1.165, 1.54) is 16.5 Å². The van der Waals surface area contributed by atoms with Gasteiger partial charge in [-0.15, -0.1) is 24.0 Å². The number of furan rings is 1. The van der Waals surface area contributed by atoms with Crippen molar-refractivity contribution in [1.29, 1.82) is 0 Å². The molecule has 0 atom stereocenters. The monoisotopic (exact) mass is 482 g/mol. The van der Waals surface area contributed by atoms with Gasteiger partial charge >= 0.3 is 0 Å². The normalized spacial score (nSPS) is 16.2. The Labute approximate surface area is 179 Å². The Bertz CT molecular complexity index is 791. The number of piperidine rings is 1. The SMILES string of the molecule is C=C(C)CN1CCC(NC(=NC)NCc2oc3ccccc3c2C)CC1.I. The average Bonchev–Trinajstić information content (AvgIpc) is 2.96. The standard InChI is InChI=1S/C21H30N4O.HI/c1-15(2)14-25-11-9-17(10-12-25)24-21(22-4)23-13-20-16(3)18-7-5-6-8-19(18)26-20;/h5-8,17H,1,9-14H2,2-4H3,(H2,22,23,24);1H. The number of fused-ring (bicyclic) bond motifs is 1. The molecule has 0 amide bonds. The molecule has 2 N–H and O–H groups in total. The zero-order valence-corrected chi connectivity index (χ0v) is 18.9. The molecular weight excluding hydrogens is 451 g/mol. The average molecular weight is 482 g/mol. The summed E-state index contributed by atoms with van der Waals surface area (Å²) in [6, 6.07) is 8.62. The summed E-state index contributed by atoms with van der Waals surface area (Å²) in [6.45, 7) is 12.1. The van der Waals surface area contributed by atoms with E-state index in [4.69, 9.17) is 4.42 Å². The van der Waals surface area contributed by atoms with Crippen molar-refractivity contribution in [3.05, 3.63) is 47.7 Å². The molecule has 0 aliphatic carbocycles. The van der Waals surface area contributed by atoms with Gasteiger partial charge in [0, 0.05) is 43.7 Å². The van der Waals surface area contributed by atoms with Gasteiger partial charge in [0.05, 0.1) is 6.54 Å². The molecule has 1 aliphatic heterocycles. The molecule has 27 heavy (non-hydrogen) atoms. The molecule has 1 saturated heterocycles. The molecule has 5 nitrogen and oxygen atoms in total. The summed E-state index contributed by atoms with van der Waals surface area (Å²) in [5.74, 6) is 1.80. The summed E-state index contributed by atoms with van der Waals surface area (Å²) in [4.78, 5) is 6.84. The molecule has 0 saturated carbocycles. The Balaban J connectivity index is 0.00000261. The van der Waals surface area contributed by atoms with Crippen molar-refractivity contribution in [3.63, 3.8) is 0 Å². The lowest BCUT2D eigenvalue weighted by Gasteiger charge is -2.33. The maximum Gasteiger partial charge on any atom is 0.191 e. The minimum absolute atomic E-state index is 0. The van der Waals surface area contributed by atoms with E-state index in [0.717, 1.165) is 49.8 Å². The van der Waals surface area contributed by atoms with Crippen molar-refractivity contribution in [2.75, 3.05) is 26.7 Å². The highest BCUT2D eigenvalue weighted by Crippen LogP contribution is 2.24. The second kappa shape index (κ2) is 10.1. The predicted octanol–water partition coefficient (Wildman–Crippen LogP) is 4.06. The molecule has 1 fully saturated rings. The Morgan fingerprint density at radius 2 is 2.00 bits per heavy atom. The molecule has 0 radical (unpaired) electrons. The highest BCUT2D eigenvalue weighted by molar-refractivity contribution is 14.0. The zero-order chi connectivity index (χ0) is 18.5. The van der Waals surface area contributed by atoms with Gasteiger partial charge in [-0.25, -0.2) is 0 Å². The van der Waals surface area contributed by atoms with E-state index in [-0.39, 0.29) is 24.0 Å². The lowest BCUT2D eigenvalue weighted by atomic mass is 10.0. The summed E-state index contributed by atoms with van der Waals surface area (Å²) < 4.78 is 5.97. The van der Waals surface area contributed by atoms with Crippen molar-refractivity contribution < 1.29 is 4.42 Å². The Kier molecular flexibility index (Phi) is 8.16. The topological polar surface area (TPSA) is 52.8 Å². The van der Waals surface area contributed by atoms with Crippen LogP contribution in [0.1, 0.15) is 31.1 Å². The Morgan fingerprint density at radius 1 is 1.30 bits per heavy atom. The maximum atomic E-state index is 5.97. The van der Waals surface area contributed by atoms with Crippen LogP contribution < -0.4 is 10.6 Å². The van der Waals surface area contributed by atoms with Gasteiger partial charge in [-0.1, -0.05) is 30.4 Å². The largest absolute Gasteiger partial charge is 0.459 e. The van der Waals surface area contributed by atoms with E-state index in [2.05, 4.69) is 47.0 Å². The number of aliphatic imine (C=N–C) groups is 1. The van der Waals surface area contributed by atoms with Crippen LogP contribution in [0.4, 0.5) is 0 Å². The number of guanidine groups is 1. The zero-order valence-electron chi connectivity index (χ0n) is 16.5. The van der Waals surface area contributed by atoms with Crippen molar-refractivity contribution in [3.8, 4) is 0 Å². The molecule has 2 heterocycles. The van der Waals surface area contributed by atoms with E-state index in [0.29, 0.717) is 12.6 Å². The summed E-state index contributed by atoms with van der Waals surface area (Å²) in [5, 5.41) is 8.12. The minimum atomic E-state index is 0. The highest BCUT2D eigenvalue weighted by atomic mass is 127. The van der Waals surface area contributed by atoms with E-state index in [1.807, 2.05) is 25.2 Å². The van der Waals surface area contributed by atoms with Crippen molar-refractivity contribution in [2.24, 2.45) is 4.99 Å². The van der Waals surface area contributed by atoms with Crippen molar-refractivity contribution >= 4 is 40.9 Å². The third-order valence-electron chi connectivity index (χ3n) is 5.00. The summed E-state index contributed by atoms with van der Waals surface area (Å²) in [5.41, 5.74) is 3.36. The summed E-state index contributed by atoms with van der Waals surface area (Å²) >= 11 is 0. The lowest BCUT2D eigenvalue weighted by molar-refractivity contribution is 0.221. The first-order valence-corrected chi connectivity index (χ1v) is 9.37. The molecule has 148 valence electrons. The first-order chi connectivity index (χ1) is 12.6. The van der Waals surface area contributed by atoms with E-state index >= 15 is 0 Å². The van der Waals surface area contributed by atoms with Gasteiger partial charge < -0.3 is 15.1 Å². The van der Waals surface area contributed by atoms with Crippen molar-refractivity contribution in [2.45, 2.75) is 39.3 Å². The van der Waals surface area contributed by atoms with Crippen LogP contribution in [0.2, 0.25) is 0 Å². The third kappa shape index (κ3) is 5.72. The van der Waals surface area contributed by atoms with Crippen LogP contribution >= 0.6 is 24.0 Å². The highest BCUT2D eigenvalue weighted by Gasteiger charge is 2.20. The quantitative estimate of drug-likeness (QED) is 0.292. The second-order valence-corrected chi connectivity index (χ2v) is 7.22. The number of rotatable bonds is 5. The van der Waals surface area contributed by atoms with E-state index in [9.17, 15) is 0 Å². The molecular formula is C21H31IN4O. The molecule has 1 aromatic carbocycles. The summed E-state index contributed by atoms with van der Waals surface area (Å²) in [7, 11) is 1.82. The fourth-order valence-electron chi connectivity index (χ4n) is 3.56. The van der Waals surface area contributed by atoms with Gasteiger partial charge in [0.1, 0.15) is 11.3 Å². The van der Waals surface area contributed by atoms with Gasteiger partial charge in [0.2, 0.25) is 0 Å². The second-order valence-electron chi connectivity index (χ2n) is 7.22. The fraction of sp³-hybridized carbons (Fsp3) is 0.476. The van der Waals surface area contributed by atoms with Crippen LogP contribution in [0.25, 0.3) is 11.0 Å². The van der Waals surface area contributed by atoms with Crippen LogP contribution in [0.15, 0.2) is 45.8 Å². The number of nitrogens with zero attached hydrogens (tertiary/aromatic N) is 2. The van der Waals surface area contributed by atoms with E-state index < -0.39 is 0 Å². The molecule has 0 bridgehead atoms. The predicted molar refractivity (Wildman–Crippen MR) is 124 cm³/mol. The van der Waals surface area contributed by atoms with Crippen LogP contribution in [0, 0.1) is 6.92 Å².